The molecule has 0 atom stereocenters. The van der Waals surface area contributed by atoms with Gasteiger partial charge in [-0.15, -0.1) is 0 Å². The molecule has 18 heavy (non-hydrogen) atoms. The van der Waals surface area contributed by atoms with Crippen LogP contribution in [0.4, 0.5) is 0 Å². The van der Waals surface area contributed by atoms with Crippen LogP contribution in [0.15, 0.2) is 61.7 Å². The summed E-state index contributed by atoms with van der Waals surface area (Å²) in [6.45, 7) is 7.23. The fraction of sp³-hybridized carbons (Fsp3) is 0. The average molecular weight is 277 g/mol. The molecular formula is C16H14Cl2. The highest BCUT2D eigenvalue weighted by Gasteiger charge is 1.85. The number of hydrogen-bond acceptors (Lipinski definition) is 0. The fourth-order valence-electron chi connectivity index (χ4n) is 1.23. The maximum absolute atomic E-state index is 5.68. The molecule has 2 aromatic carbocycles. The average Bonchev–Trinajstić information content (AvgIpc) is 2.40. The van der Waals surface area contributed by atoms with Crippen LogP contribution in [0.5, 0.6) is 0 Å². The Labute approximate surface area is 118 Å². The molecule has 92 valence electrons. The first-order chi connectivity index (χ1) is 8.65. The van der Waals surface area contributed by atoms with E-state index in [4.69, 9.17) is 23.2 Å². The van der Waals surface area contributed by atoms with Crippen LogP contribution in [-0.2, 0) is 0 Å². The van der Waals surface area contributed by atoms with Gasteiger partial charge in [-0.3, -0.25) is 0 Å². The predicted octanol–water partition coefficient (Wildman–Crippen LogP) is 5.97. The van der Waals surface area contributed by atoms with E-state index in [-0.39, 0.29) is 0 Å². The Kier molecular flexibility index (Phi) is 6.27. The van der Waals surface area contributed by atoms with E-state index in [9.17, 15) is 0 Å². The molecule has 2 heteroatoms. The lowest BCUT2D eigenvalue weighted by atomic mass is 10.2. The first-order valence-electron chi connectivity index (χ1n) is 5.41. The normalized spacial score (nSPS) is 9.00. The van der Waals surface area contributed by atoms with Crippen molar-refractivity contribution >= 4 is 35.4 Å². The standard InChI is InChI=1S/2C8H7Cl/c1-2-7-3-5-8(9)6-4-7;1-2-7-4-3-5-8(9)6-7/h2*2-6H,1H2. The van der Waals surface area contributed by atoms with Gasteiger partial charge >= 0.3 is 0 Å². The third-order valence-electron chi connectivity index (χ3n) is 2.19. The first kappa shape index (κ1) is 14.6. The minimum atomic E-state index is 0.757. The zero-order valence-corrected chi connectivity index (χ0v) is 11.5. The van der Waals surface area contributed by atoms with Crippen LogP contribution >= 0.6 is 23.2 Å². The Bertz CT molecular complexity index is 513. The molecule has 0 unspecified atom stereocenters. The molecule has 0 fully saturated rings. The molecule has 0 nitrogen and oxygen atoms in total. The maximum atomic E-state index is 5.68. The third kappa shape index (κ3) is 5.22. The van der Waals surface area contributed by atoms with Crippen LogP contribution in [0, 0.1) is 0 Å². The highest BCUT2D eigenvalue weighted by atomic mass is 35.5. The molecule has 0 spiro atoms. The number of rotatable bonds is 2. The van der Waals surface area contributed by atoms with Gasteiger partial charge in [-0.1, -0.05) is 72.8 Å². The van der Waals surface area contributed by atoms with Gasteiger partial charge in [-0.25, -0.2) is 0 Å². The number of benzene rings is 2. The van der Waals surface area contributed by atoms with Gasteiger partial charge in [0.25, 0.3) is 0 Å². The van der Waals surface area contributed by atoms with Crippen LogP contribution < -0.4 is 0 Å². The lowest BCUT2D eigenvalue weighted by molar-refractivity contribution is 1.66. The molecule has 0 saturated carbocycles. The van der Waals surface area contributed by atoms with Crippen molar-refractivity contribution in [1.29, 1.82) is 0 Å². The Balaban J connectivity index is 0.000000180. The van der Waals surface area contributed by atoms with Crippen LogP contribution in [0.2, 0.25) is 10.0 Å². The molecule has 0 saturated heterocycles. The van der Waals surface area contributed by atoms with Crippen LogP contribution in [-0.4, -0.2) is 0 Å². The summed E-state index contributed by atoms with van der Waals surface area (Å²) in [5.74, 6) is 0. The van der Waals surface area contributed by atoms with Crippen molar-refractivity contribution in [2.75, 3.05) is 0 Å². The predicted molar refractivity (Wildman–Crippen MR) is 83.1 cm³/mol. The molecule has 0 aliphatic rings. The van der Waals surface area contributed by atoms with E-state index in [2.05, 4.69) is 13.2 Å². The van der Waals surface area contributed by atoms with Gasteiger partial charge in [0.15, 0.2) is 0 Å². The monoisotopic (exact) mass is 276 g/mol. The summed E-state index contributed by atoms with van der Waals surface area (Å²) in [4.78, 5) is 0. The Hall–Kier alpha value is -1.50. The van der Waals surface area contributed by atoms with Gasteiger partial charge in [-0.2, -0.15) is 0 Å². The van der Waals surface area contributed by atoms with Crippen molar-refractivity contribution in [3.8, 4) is 0 Å². The van der Waals surface area contributed by atoms with Crippen LogP contribution in [0.25, 0.3) is 12.2 Å². The SMILES string of the molecule is C=Cc1ccc(Cl)cc1.C=Cc1cccc(Cl)c1. The van der Waals surface area contributed by atoms with Gasteiger partial charge in [0, 0.05) is 10.0 Å². The molecule has 0 bridgehead atoms. The summed E-state index contributed by atoms with van der Waals surface area (Å²) in [7, 11) is 0. The van der Waals surface area contributed by atoms with Crippen molar-refractivity contribution in [1.82, 2.24) is 0 Å². The Morgan fingerprint density at radius 3 is 1.78 bits per heavy atom. The molecule has 0 aliphatic heterocycles. The Morgan fingerprint density at radius 2 is 1.33 bits per heavy atom. The largest absolute Gasteiger partial charge is 0.0985 e. The molecule has 0 amide bonds. The lowest BCUT2D eigenvalue weighted by Gasteiger charge is -1.90. The van der Waals surface area contributed by atoms with Crippen molar-refractivity contribution in [3.63, 3.8) is 0 Å². The van der Waals surface area contributed by atoms with Gasteiger partial charge in [0.1, 0.15) is 0 Å². The lowest BCUT2D eigenvalue weighted by Crippen LogP contribution is -1.67. The van der Waals surface area contributed by atoms with E-state index in [1.807, 2.05) is 48.5 Å². The second kappa shape index (κ2) is 7.75. The molecule has 2 rings (SSSR count). The topological polar surface area (TPSA) is 0 Å². The van der Waals surface area contributed by atoms with Crippen molar-refractivity contribution in [3.05, 3.63) is 82.9 Å². The molecule has 0 N–H and O–H groups in total. The molecule has 0 heterocycles. The summed E-state index contributed by atoms with van der Waals surface area (Å²) in [6, 6.07) is 15.1. The van der Waals surface area contributed by atoms with Crippen molar-refractivity contribution < 1.29 is 0 Å². The van der Waals surface area contributed by atoms with E-state index >= 15 is 0 Å². The van der Waals surface area contributed by atoms with E-state index in [1.54, 1.807) is 12.2 Å². The number of hydrogen-bond donors (Lipinski definition) is 0. The molecule has 0 aromatic heterocycles. The van der Waals surface area contributed by atoms with E-state index < -0.39 is 0 Å². The summed E-state index contributed by atoms with van der Waals surface area (Å²) in [6.07, 6.45) is 3.56. The summed E-state index contributed by atoms with van der Waals surface area (Å²) in [5, 5.41) is 1.52. The quantitative estimate of drug-likeness (QED) is 0.634. The van der Waals surface area contributed by atoms with E-state index in [1.165, 1.54) is 0 Å². The fourth-order valence-corrected chi connectivity index (χ4v) is 1.56. The van der Waals surface area contributed by atoms with Crippen molar-refractivity contribution in [2.45, 2.75) is 0 Å². The van der Waals surface area contributed by atoms with Crippen LogP contribution in [0.1, 0.15) is 11.1 Å². The smallest absolute Gasteiger partial charge is 0.0411 e. The maximum Gasteiger partial charge on any atom is 0.0411 e. The number of halogens is 2. The summed E-state index contributed by atoms with van der Waals surface area (Å²) < 4.78 is 0. The second-order valence-corrected chi connectivity index (χ2v) is 4.39. The second-order valence-electron chi connectivity index (χ2n) is 3.51. The third-order valence-corrected chi connectivity index (χ3v) is 2.68. The minimum absolute atomic E-state index is 0.757. The van der Waals surface area contributed by atoms with Crippen molar-refractivity contribution in [2.24, 2.45) is 0 Å². The minimum Gasteiger partial charge on any atom is -0.0985 e. The highest BCUT2D eigenvalue weighted by Crippen LogP contribution is 2.10. The van der Waals surface area contributed by atoms with Gasteiger partial charge < -0.3 is 0 Å². The molecule has 0 aliphatic carbocycles. The highest BCUT2D eigenvalue weighted by molar-refractivity contribution is 6.30. The van der Waals surface area contributed by atoms with E-state index in [0.29, 0.717) is 0 Å². The van der Waals surface area contributed by atoms with Gasteiger partial charge in [0.2, 0.25) is 0 Å². The zero-order chi connectivity index (χ0) is 13.4. The van der Waals surface area contributed by atoms with Gasteiger partial charge in [0.05, 0.1) is 0 Å². The summed E-state index contributed by atoms with van der Waals surface area (Å²) in [5.41, 5.74) is 2.15. The van der Waals surface area contributed by atoms with Gasteiger partial charge in [-0.05, 0) is 35.4 Å². The molecule has 2 aromatic rings. The zero-order valence-electron chi connectivity index (χ0n) is 9.94. The van der Waals surface area contributed by atoms with E-state index in [0.717, 1.165) is 21.2 Å². The Morgan fingerprint density at radius 1 is 0.722 bits per heavy atom. The first-order valence-corrected chi connectivity index (χ1v) is 6.17. The molecular weight excluding hydrogens is 263 g/mol. The summed E-state index contributed by atoms with van der Waals surface area (Å²) >= 11 is 11.3. The molecule has 0 radical (unpaired) electrons. The van der Waals surface area contributed by atoms with Crippen LogP contribution in [0.3, 0.4) is 0 Å².